The Bertz CT molecular complexity index is 749. The van der Waals surface area contributed by atoms with E-state index in [4.69, 9.17) is 0 Å². The van der Waals surface area contributed by atoms with Crippen LogP contribution in [0.3, 0.4) is 0 Å². The average molecular weight is 351 g/mol. The number of carbonyl (C=O) groups excluding carboxylic acids is 2. The minimum Gasteiger partial charge on any atom is -0.367 e. The molecule has 0 radical (unpaired) electrons. The van der Waals surface area contributed by atoms with E-state index in [1.807, 2.05) is 23.1 Å². The fraction of sp³-hybridized carbons (Fsp3) is 0.429. The average Bonchev–Trinajstić information content (AvgIpc) is 3.30. The number of likely N-dealkylation sites (tertiary alicyclic amines) is 1. The lowest BCUT2D eigenvalue weighted by atomic mass is 9.96. The molecule has 2 atom stereocenters. The van der Waals surface area contributed by atoms with Gasteiger partial charge in [0.2, 0.25) is 5.91 Å². The zero-order valence-corrected chi connectivity index (χ0v) is 14.9. The highest BCUT2D eigenvalue weighted by Crippen LogP contribution is 2.48. The van der Waals surface area contributed by atoms with Crippen molar-refractivity contribution in [1.29, 1.82) is 0 Å². The van der Waals surface area contributed by atoms with Crippen molar-refractivity contribution in [2.75, 3.05) is 19.6 Å². The minimum absolute atomic E-state index is 0.0339. The molecule has 2 unspecified atom stereocenters. The molecule has 0 bridgehead atoms. The first kappa shape index (κ1) is 16.9. The Labute approximate surface area is 153 Å². The molecule has 1 aromatic heterocycles. The number of nitrogens with zero attached hydrogens (tertiary/aromatic N) is 1. The van der Waals surface area contributed by atoms with Gasteiger partial charge in [0.1, 0.15) is 0 Å². The van der Waals surface area contributed by atoms with E-state index in [9.17, 15) is 9.59 Å². The quantitative estimate of drug-likeness (QED) is 0.870. The lowest BCUT2D eigenvalue weighted by Crippen LogP contribution is -2.42. The number of amides is 2. The van der Waals surface area contributed by atoms with Crippen LogP contribution in [0.5, 0.6) is 0 Å². The van der Waals surface area contributed by atoms with E-state index in [1.54, 1.807) is 18.5 Å². The molecule has 2 aliphatic rings. The summed E-state index contributed by atoms with van der Waals surface area (Å²) in [6.45, 7) is 2.30. The molecule has 2 heterocycles. The Kier molecular flexibility index (Phi) is 4.78. The molecular weight excluding hydrogens is 326 g/mol. The first-order valence-corrected chi connectivity index (χ1v) is 9.47. The summed E-state index contributed by atoms with van der Waals surface area (Å²) in [4.78, 5) is 29.6. The molecule has 5 heteroatoms. The largest absolute Gasteiger partial charge is 0.367 e. The predicted molar refractivity (Wildman–Crippen MR) is 99.7 cm³/mol. The standard InChI is InChI=1S/C21H25N3O2/c25-20(17-6-9-22-14-17)23-13-15-7-10-24(11-8-15)21(26)19-12-18(19)16-4-2-1-3-5-16/h1-6,9,14-15,18-19,22H,7-8,10-13H2,(H,23,25). The normalized spacial score (nSPS) is 22.8. The molecule has 2 aromatic rings. The van der Waals surface area contributed by atoms with Crippen LogP contribution in [0.2, 0.25) is 0 Å². The minimum atomic E-state index is -0.0339. The van der Waals surface area contributed by atoms with Gasteiger partial charge in [0.25, 0.3) is 5.91 Å². The molecule has 1 aliphatic carbocycles. The molecule has 0 spiro atoms. The molecule has 5 nitrogen and oxygen atoms in total. The van der Waals surface area contributed by atoms with E-state index in [-0.39, 0.29) is 11.8 Å². The maximum Gasteiger partial charge on any atom is 0.252 e. The number of hydrogen-bond donors (Lipinski definition) is 2. The Morgan fingerprint density at radius 2 is 1.88 bits per heavy atom. The van der Waals surface area contributed by atoms with Gasteiger partial charge in [0.15, 0.2) is 0 Å². The number of aromatic amines is 1. The van der Waals surface area contributed by atoms with Gasteiger partial charge in [-0.1, -0.05) is 30.3 Å². The van der Waals surface area contributed by atoms with Crippen LogP contribution in [0.4, 0.5) is 0 Å². The molecule has 136 valence electrons. The molecule has 4 rings (SSSR count). The zero-order chi connectivity index (χ0) is 17.9. The van der Waals surface area contributed by atoms with Crippen molar-refractivity contribution >= 4 is 11.8 Å². The summed E-state index contributed by atoms with van der Waals surface area (Å²) in [7, 11) is 0. The maximum atomic E-state index is 12.7. The summed E-state index contributed by atoms with van der Waals surface area (Å²) < 4.78 is 0. The van der Waals surface area contributed by atoms with Crippen LogP contribution in [-0.4, -0.2) is 41.3 Å². The van der Waals surface area contributed by atoms with E-state index in [1.165, 1.54) is 5.56 Å². The number of nitrogens with one attached hydrogen (secondary N) is 2. The Balaban J connectivity index is 1.21. The van der Waals surface area contributed by atoms with Crippen LogP contribution in [0.15, 0.2) is 48.8 Å². The number of carbonyl (C=O) groups is 2. The molecule has 2 N–H and O–H groups in total. The fourth-order valence-corrected chi connectivity index (χ4v) is 3.93. The summed E-state index contributed by atoms with van der Waals surface area (Å²) >= 11 is 0. The van der Waals surface area contributed by atoms with Crippen molar-refractivity contribution in [3.05, 3.63) is 59.9 Å². The van der Waals surface area contributed by atoms with Crippen LogP contribution >= 0.6 is 0 Å². The van der Waals surface area contributed by atoms with Gasteiger partial charge in [-0.2, -0.15) is 0 Å². The number of aromatic nitrogens is 1. The molecule has 1 saturated carbocycles. The molecular formula is C21H25N3O2. The third kappa shape index (κ3) is 3.66. The molecule has 26 heavy (non-hydrogen) atoms. The number of hydrogen-bond acceptors (Lipinski definition) is 2. The highest BCUT2D eigenvalue weighted by atomic mass is 16.2. The highest BCUT2D eigenvalue weighted by molar-refractivity contribution is 5.93. The van der Waals surface area contributed by atoms with E-state index < -0.39 is 0 Å². The Morgan fingerprint density at radius 3 is 2.58 bits per heavy atom. The monoisotopic (exact) mass is 351 g/mol. The number of rotatable bonds is 5. The second-order valence-corrected chi connectivity index (χ2v) is 7.44. The van der Waals surface area contributed by atoms with Gasteiger partial charge in [0, 0.05) is 37.9 Å². The van der Waals surface area contributed by atoms with Gasteiger partial charge in [0.05, 0.1) is 5.56 Å². The van der Waals surface area contributed by atoms with Gasteiger partial charge in [-0.25, -0.2) is 0 Å². The van der Waals surface area contributed by atoms with E-state index in [2.05, 4.69) is 22.4 Å². The van der Waals surface area contributed by atoms with E-state index in [0.29, 0.717) is 29.9 Å². The predicted octanol–water partition coefficient (Wildman–Crippen LogP) is 2.79. The van der Waals surface area contributed by atoms with Crippen molar-refractivity contribution in [1.82, 2.24) is 15.2 Å². The van der Waals surface area contributed by atoms with Crippen molar-refractivity contribution in [3.63, 3.8) is 0 Å². The maximum absolute atomic E-state index is 12.7. The SMILES string of the molecule is O=C(NCC1CCN(C(=O)C2CC2c2ccccc2)CC1)c1cc[nH]c1. The number of benzene rings is 1. The third-order valence-electron chi connectivity index (χ3n) is 5.67. The zero-order valence-electron chi connectivity index (χ0n) is 14.9. The van der Waals surface area contributed by atoms with Gasteiger partial charge >= 0.3 is 0 Å². The Hall–Kier alpha value is -2.56. The second kappa shape index (κ2) is 7.36. The first-order chi connectivity index (χ1) is 12.7. The van der Waals surface area contributed by atoms with Crippen molar-refractivity contribution in [3.8, 4) is 0 Å². The summed E-state index contributed by atoms with van der Waals surface area (Å²) in [5.74, 6) is 1.30. The van der Waals surface area contributed by atoms with Crippen molar-refractivity contribution < 1.29 is 9.59 Å². The smallest absolute Gasteiger partial charge is 0.252 e. The van der Waals surface area contributed by atoms with Gasteiger partial charge < -0.3 is 15.2 Å². The van der Waals surface area contributed by atoms with Crippen LogP contribution in [0, 0.1) is 11.8 Å². The Morgan fingerprint density at radius 1 is 1.12 bits per heavy atom. The second-order valence-electron chi connectivity index (χ2n) is 7.44. The number of H-pyrrole nitrogens is 1. The summed E-state index contributed by atoms with van der Waals surface area (Å²) in [6, 6.07) is 12.1. The molecule has 1 aliphatic heterocycles. The van der Waals surface area contributed by atoms with Crippen molar-refractivity contribution in [2.24, 2.45) is 11.8 Å². The molecule has 1 aromatic carbocycles. The molecule has 1 saturated heterocycles. The topological polar surface area (TPSA) is 65.2 Å². The van der Waals surface area contributed by atoms with Crippen molar-refractivity contribution in [2.45, 2.75) is 25.2 Å². The third-order valence-corrected chi connectivity index (χ3v) is 5.67. The van der Waals surface area contributed by atoms with Gasteiger partial charge in [-0.3, -0.25) is 9.59 Å². The lowest BCUT2D eigenvalue weighted by Gasteiger charge is -2.32. The molecule has 2 fully saturated rings. The highest BCUT2D eigenvalue weighted by Gasteiger charge is 2.46. The fourth-order valence-electron chi connectivity index (χ4n) is 3.93. The summed E-state index contributed by atoms with van der Waals surface area (Å²) in [5.41, 5.74) is 1.95. The molecule has 2 amide bonds. The summed E-state index contributed by atoms with van der Waals surface area (Å²) in [6.07, 6.45) is 6.36. The first-order valence-electron chi connectivity index (χ1n) is 9.47. The van der Waals surface area contributed by atoms with Gasteiger partial charge in [-0.05, 0) is 42.7 Å². The number of piperidine rings is 1. The lowest BCUT2D eigenvalue weighted by molar-refractivity contribution is -0.134. The summed E-state index contributed by atoms with van der Waals surface area (Å²) in [5, 5.41) is 3.00. The van der Waals surface area contributed by atoms with Crippen LogP contribution in [0.1, 0.15) is 41.1 Å². The van der Waals surface area contributed by atoms with Crippen LogP contribution in [-0.2, 0) is 4.79 Å². The van der Waals surface area contributed by atoms with Crippen LogP contribution in [0.25, 0.3) is 0 Å². The van der Waals surface area contributed by atoms with Crippen LogP contribution < -0.4 is 5.32 Å². The van der Waals surface area contributed by atoms with Gasteiger partial charge in [-0.15, -0.1) is 0 Å². The van der Waals surface area contributed by atoms with E-state index >= 15 is 0 Å². The van der Waals surface area contributed by atoms with E-state index in [0.717, 1.165) is 32.4 Å².